The number of carbonyl (C=O) groups excluding carboxylic acids is 2. The highest BCUT2D eigenvalue weighted by Gasteiger charge is 2.13. The molecule has 0 spiro atoms. The predicted molar refractivity (Wildman–Crippen MR) is 81.8 cm³/mol. The zero-order valence-corrected chi connectivity index (χ0v) is 13.3. The molecule has 0 fully saturated rings. The maximum Gasteiger partial charge on any atom is 0.306 e. The number of esters is 1. The van der Waals surface area contributed by atoms with Gasteiger partial charge in [0, 0.05) is 20.1 Å². The third kappa shape index (κ3) is 5.95. The molecular weight excluding hydrogens is 268 g/mol. The summed E-state index contributed by atoms with van der Waals surface area (Å²) >= 11 is 0. The molecule has 0 N–H and O–H groups in total. The molecule has 0 bridgehead atoms. The molecule has 5 nitrogen and oxygen atoms in total. The van der Waals surface area contributed by atoms with Crippen molar-refractivity contribution in [2.24, 2.45) is 0 Å². The summed E-state index contributed by atoms with van der Waals surface area (Å²) in [5, 5.41) is 0. The number of hydrogen-bond donors (Lipinski definition) is 0. The van der Waals surface area contributed by atoms with Gasteiger partial charge < -0.3 is 9.64 Å². The second-order valence-electron chi connectivity index (χ2n) is 5.24. The molecule has 21 heavy (non-hydrogen) atoms. The Kier molecular flexibility index (Phi) is 6.88. The summed E-state index contributed by atoms with van der Waals surface area (Å²) in [6, 6.07) is 8.03. The van der Waals surface area contributed by atoms with E-state index in [1.165, 1.54) is 12.7 Å². The van der Waals surface area contributed by atoms with Crippen LogP contribution in [0.3, 0.4) is 0 Å². The molecule has 1 rings (SSSR count). The normalized spacial score (nSPS) is 10.5. The SMILES string of the molecule is COC(=O)CCN(C)CC(=O)N(C)Cc1ccccc1C. The maximum atomic E-state index is 12.2. The number of benzene rings is 1. The van der Waals surface area contributed by atoms with Gasteiger partial charge in [-0.3, -0.25) is 14.5 Å². The van der Waals surface area contributed by atoms with E-state index in [0.29, 0.717) is 26.1 Å². The van der Waals surface area contributed by atoms with E-state index in [2.05, 4.69) is 4.74 Å². The van der Waals surface area contributed by atoms with E-state index in [9.17, 15) is 9.59 Å². The molecule has 0 aliphatic heterocycles. The van der Waals surface area contributed by atoms with Gasteiger partial charge in [0.15, 0.2) is 0 Å². The molecule has 1 aromatic rings. The van der Waals surface area contributed by atoms with Crippen molar-refractivity contribution in [2.45, 2.75) is 19.9 Å². The number of carbonyl (C=O) groups is 2. The van der Waals surface area contributed by atoms with Gasteiger partial charge in [0.2, 0.25) is 5.91 Å². The number of likely N-dealkylation sites (N-methyl/N-ethyl adjacent to an activating group) is 2. The average Bonchev–Trinajstić information content (AvgIpc) is 2.46. The van der Waals surface area contributed by atoms with Crippen LogP contribution >= 0.6 is 0 Å². The Bertz CT molecular complexity index is 488. The van der Waals surface area contributed by atoms with Crippen LogP contribution in [0, 0.1) is 6.92 Å². The van der Waals surface area contributed by atoms with E-state index in [1.807, 2.05) is 43.1 Å². The predicted octanol–water partition coefficient (Wildman–Crippen LogP) is 1.45. The lowest BCUT2D eigenvalue weighted by Gasteiger charge is -2.22. The van der Waals surface area contributed by atoms with Gasteiger partial charge in [0.1, 0.15) is 0 Å². The molecule has 0 heterocycles. The molecule has 1 aromatic carbocycles. The van der Waals surface area contributed by atoms with Gasteiger partial charge in [0.25, 0.3) is 0 Å². The van der Waals surface area contributed by atoms with E-state index in [0.717, 1.165) is 5.56 Å². The van der Waals surface area contributed by atoms with Crippen LogP contribution in [0.15, 0.2) is 24.3 Å². The zero-order valence-electron chi connectivity index (χ0n) is 13.3. The Morgan fingerprint density at radius 1 is 1.19 bits per heavy atom. The van der Waals surface area contributed by atoms with Gasteiger partial charge in [-0.1, -0.05) is 24.3 Å². The van der Waals surface area contributed by atoms with Crippen LogP contribution < -0.4 is 0 Å². The minimum absolute atomic E-state index is 0.0330. The van der Waals surface area contributed by atoms with Crippen molar-refractivity contribution in [1.82, 2.24) is 9.80 Å². The molecule has 0 aliphatic carbocycles. The molecule has 0 aromatic heterocycles. The maximum absolute atomic E-state index is 12.2. The third-order valence-electron chi connectivity index (χ3n) is 3.43. The summed E-state index contributed by atoms with van der Waals surface area (Å²) in [6.45, 7) is 3.43. The Balaban J connectivity index is 2.44. The lowest BCUT2D eigenvalue weighted by Crippen LogP contribution is -2.37. The Morgan fingerprint density at radius 2 is 1.86 bits per heavy atom. The summed E-state index contributed by atoms with van der Waals surface area (Å²) in [4.78, 5) is 26.8. The van der Waals surface area contributed by atoms with E-state index < -0.39 is 0 Å². The number of rotatable bonds is 7. The Labute approximate surface area is 126 Å². The first kappa shape index (κ1) is 17.2. The van der Waals surface area contributed by atoms with Crippen molar-refractivity contribution in [3.63, 3.8) is 0 Å². The highest BCUT2D eigenvalue weighted by atomic mass is 16.5. The number of ether oxygens (including phenoxy) is 1. The summed E-state index contributed by atoms with van der Waals surface area (Å²) in [5.41, 5.74) is 2.32. The fourth-order valence-electron chi connectivity index (χ4n) is 1.95. The quantitative estimate of drug-likeness (QED) is 0.714. The van der Waals surface area contributed by atoms with Crippen molar-refractivity contribution in [3.05, 3.63) is 35.4 Å². The molecular formula is C16H24N2O3. The van der Waals surface area contributed by atoms with Crippen molar-refractivity contribution in [1.29, 1.82) is 0 Å². The molecule has 5 heteroatoms. The largest absolute Gasteiger partial charge is 0.469 e. The third-order valence-corrected chi connectivity index (χ3v) is 3.43. The fraction of sp³-hybridized carbons (Fsp3) is 0.500. The number of methoxy groups -OCH3 is 1. The molecule has 0 aliphatic rings. The minimum atomic E-state index is -0.262. The first-order valence-corrected chi connectivity index (χ1v) is 6.98. The zero-order chi connectivity index (χ0) is 15.8. The first-order valence-electron chi connectivity index (χ1n) is 6.98. The van der Waals surface area contributed by atoms with Gasteiger partial charge in [-0.05, 0) is 25.1 Å². The summed E-state index contributed by atoms with van der Waals surface area (Å²) in [7, 11) is 4.98. The second-order valence-corrected chi connectivity index (χ2v) is 5.24. The molecule has 0 radical (unpaired) electrons. The van der Waals surface area contributed by atoms with Crippen molar-refractivity contribution < 1.29 is 14.3 Å². The van der Waals surface area contributed by atoms with E-state index >= 15 is 0 Å². The average molecular weight is 292 g/mol. The molecule has 0 saturated heterocycles. The number of nitrogens with zero attached hydrogens (tertiary/aromatic N) is 2. The smallest absolute Gasteiger partial charge is 0.306 e. The first-order chi connectivity index (χ1) is 9.93. The van der Waals surface area contributed by atoms with Crippen LogP contribution in [0.1, 0.15) is 17.5 Å². The molecule has 0 unspecified atom stereocenters. The topological polar surface area (TPSA) is 49.9 Å². The Morgan fingerprint density at radius 3 is 2.48 bits per heavy atom. The summed E-state index contributed by atoms with van der Waals surface area (Å²) in [5.74, 6) is -0.229. The van der Waals surface area contributed by atoms with Gasteiger partial charge in [0.05, 0.1) is 20.1 Å². The van der Waals surface area contributed by atoms with Crippen LogP contribution in [0.2, 0.25) is 0 Å². The van der Waals surface area contributed by atoms with Crippen molar-refractivity contribution >= 4 is 11.9 Å². The van der Waals surface area contributed by atoms with Crippen LogP contribution in [0.25, 0.3) is 0 Å². The monoisotopic (exact) mass is 292 g/mol. The van der Waals surface area contributed by atoms with Crippen LogP contribution in [0.5, 0.6) is 0 Å². The standard InChI is InChI=1S/C16H24N2O3/c1-13-7-5-6-8-14(13)11-18(3)15(19)12-17(2)10-9-16(20)21-4/h5-8H,9-12H2,1-4H3. The number of aryl methyl sites for hydroxylation is 1. The highest BCUT2D eigenvalue weighted by Crippen LogP contribution is 2.09. The van der Waals surface area contributed by atoms with Gasteiger partial charge in [-0.2, -0.15) is 0 Å². The van der Waals surface area contributed by atoms with Gasteiger partial charge >= 0.3 is 5.97 Å². The van der Waals surface area contributed by atoms with E-state index in [4.69, 9.17) is 0 Å². The molecule has 1 amide bonds. The van der Waals surface area contributed by atoms with Crippen LogP contribution in [-0.2, 0) is 20.9 Å². The van der Waals surface area contributed by atoms with Crippen LogP contribution in [-0.4, -0.2) is 56.0 Å². The lowest BCUT2D eigenvalue weighted by atomic mass is 10.1. The molecule has 0 atom stereocenters. The minimum Gasteiger partial charge on any atom is -0.469 e. The lowest BCUT2D eigenvalue weighted by molar-refractivity contribution is -0.141. The van der Waals surface area contributed by atoms with Gasteiger partial charge in [-0.25, -0.2) is 0 Å². The van der Waals surface area contributed by atoms with E-state index in [1.54, 1.807) is 11.9 Å². The highest BCUT2D eigenvalue weighted by molar-refractivity contribution is 5.78. The van der Waals surface area contributed by atoms with Crippen LogP contribution in [0.4, 0.5) is 0 Å². The van der Waals surface area contributed by atoms with Crippen molar-refractivity contribution in [3.8, 4) is 0 Å². The summed E-state index contributed by atoms with van der Waals surface area (Å²) < 4.78 is 4.58. The summed E-state index contributed by atoms with van der Waals surface area (Å²) in [6.07, 6.45) is 0.293. The van der Waals surface area contributed by atoms with E-state index in [-0.39, 0.29) is 11.9 Å². The van der Waals surface area contributed by atoms with Crippen molar-refractivity contribution in [2.75, 3.05) is 34.3 Å². The Hall–Kier alpha value is -1.88. The molecule has 0 saturated carbocycles. The number of hydrogen-bond acceptors (Lipinski definition) is 4. The molecule has 116 valence electrons. The number of amides is 1. The second kappa shape index (κ2) is 8.42. The fourth-order valence-corrected chi connectivity index (χ4v) is 1.95. The van der Waals surface area contributed by atoms with Gasteiger partial charge in [-0.15, -0.1) is 0 Å².